The second-order valence-corrected chi connectivity index (χ2v) is 5.17. The molecule has 1 N–H and O–H groups in total. The maximum Gasteiger partial charge on any atom is 0.0792 e. The number of nitrogens with zero attached hydrogens (tertiary/aromatic N) is 1. The van der Waals surface area contributed by atoms with Crippen molar-refractivity contribution in [2.24, 2.45) is 5.92 Å². The number of benzene rings is 1. The molecule has 1 heterocycles. The van der Waals surface area contributed by atoms with E-state index < -0.39 is 0 Å². The van der Waals surface area contributed by atoms with Gasteiger partial charge in [0.1, 0.15) is 0 Å². The van der Waals surface area contributed by atoms with Crippen LogP contribution in [0.25, 0.3) is 10.9 Å². The zero-order chi connectivity index (χ0) is 13.1. The Kier molecular flexibility index (Phi) is 3.97. The normalized spacial score (nSPS) is 14.7. The van der Waals surface area contributed by atoms with E-state index in [1.807, 2.05) is 25.1 Å². The number of hydrogen-bond acceptors (Lipinski definition) is 2. The van der Waals surface area contributed by atoms with E-state index in [0.717, 1.165) is 35.0 Å². The van der Waals surface area contributed by atoms with Crippen molar-refractivity contribution in [3.63, 3.8) is 0 Å². The Balaban J connectivity index is 2.26. The van der Waals surface area contributed by atoms with E-state index in [4.69, 9.17) is 0 Å². The summed E-state index contributed by atoms with van der Waals surface area (Å²) in [6, 6.07) is 10.1. The van der Waals surface area contributed by atoms with Crippen LogP contribution in [0.2, 0.25) is 0 Å². The van der Waals surface area contributed by atoms with Crippen LogP contribution >= 0.6 is 0 Å². The van der Waals surface area contributed by atoms with E-state index in [1.165, 1.54) is 0 Å². The van der Waals surface area contributed by atoms with Crippen LogP contribution < -0.4 is 0 Å². The number of fused-ring (bicyclic) bond motifs is 1. The van der Waals surface area contributed by atoms with Crippen LogP contribution in [0, 0.1) is 12.8 Å². The third kappa shape index (κ3) is 2.88. The van der Waals surface area contributed by atoms with Gasteiger partial charge in [-0.05, 0) is 43.0 Å². The third-order valence-corrected chi connectivity index (χ3v) is 3.56. The second kappa shape index (κ2) is 5.49. The molecule has 0 spiro atoms. The summed E-state index contributed by atoms with van der Waals surface area (Å²) >= 11 is 0. The van der Waals surface area contributed by atoms with Crippen LogP contribution in [0.4, 0.5) is 0 Å². The van der Waals surface area contributed by atoms with Crippen LogP contribution in [0.3, 0.4) is 0 Å². The summed E-state index contributed by atoms with van der Waals surface area (Å²) in [6.07, 6.45) is 1.55. The highest BCUT2D eigenvalue weighted by Gasteiger charge is 2.11. The van der Waals surface area contributed by atoms with E-state index in [1.54, 1.807) is 0 Å². The summed E-state index contributed by atoms with van der Waals surface area (Å²) in [4.78, 5) is 4.47. The molecule has 2 aromatic rings. The molecular weight excluding hydrogens is 222 g/mol. The van der Waals surface area contributed by atoms with Crippen molar-refractivity contribution in [1.29, 1.82) is 0 Å². The van der Waals surface area contributed by atoms with E-state index in [2.05, 4.69) is 31.0 Å². The predicted molar refractivity (Wildman–Crippen MR) is 75.5 cm³/mol. The van der Waals surface area contributed by atoms with Gasteiger partial charge in [-0.25, -0.2) is 0 Å². The fourth-order valence-corrected chi connectivity index (χ4v) is 2.14. The van der Waals surface area contributed by atoms with E-state index >= 15 is 0 Å². The predicted octanol–water partition coefficient (Wildman–Crippen LogP) is 4.01. The highest BCUT2D eigenvalue weighted by Crippen LogP contribution is 2.25. The Morgan fingerprint density at radius 3 is 2.72 bits per heavy atom. The lowest BCUT2D eigenvalue weighted by atomic mass is 9.95. The lowest BCUT2D eigenvalue weighted by Crippen LogP contribution is -2.03. The van der Waals surface area contributed by atoms with Gasteiger partial charge >= 0.3 is 0 Å². The van der Waals surface area contributed by atoms with Crippen LogP contribution in [-0.4, -0.2) is 10.1 Å². The van der Waals surface area contributed by atoms with Crippen LogP contribution in [0.15, 0.2) is 30.3 Å². The Hall–Kier alpha value is -1.41. The number of aliphatic hydroxyl groups excluding tert-OH is 1. The zero-order valence-corrected chi connectivity index (χ0v) is 11.4. The number of pyridine rings is 1. The number of aryl methyl sites for hydroxylation is 1. The monoisotopic (exact) mass is 243 g/mol. The molecule has 0 bridgehead atoms. The summed E-state index contributed by atoms with van der Waals surface area (Å²) in [5.74, 6) is 0.548. The molecule has 96 valence electrons. The van der Waals surface area contributed by atoms with Crippen molar-refractivity contribution in [3.05, 3.63) is 41.6 Å². The number of aromatic nitrogens is 1. The molecule has 2 rings (SSSR count). The molecule has 0 aliphatic rings. The molecule has 1 aromatic heterocycles. The van der Waals surface area contributed by atoms with Gasteiger partial charge < -0.3 is 5.11 Å². The van der Waals surface area contributed by atoms with Crippen molar-refractivity contribution >= 4 is 10.9 Å². The number of aliphatic hydroxyl groups is 1. The molecule has 2 atom stereocenters. The molecule has 0 aliphatic carbocycles. The average Bonchev–Trinajstić information content (AvgIpc) is 2.37. The van der Waals surface area contributed by atoms with Gasteiger partial charge in [0.25, 0.3) is 0 Å². The standard InChI is InChI=1S/C16H21NO/c1-4-11(2)9-16(18)14-7-8-15-13(10-14)6-5-12(3)17-15/h5-8,10-11,16,18H,4,9H2,1-3H3. The Labute approximate surface area is 109 Å². The van der Waals surface area contributed by atoms with Gasteiger partial charge in [0, 0.05) is 11.1 Å². The van der Waals surface area contributed by atoms with Crippen LogP contribution in [0.5, 0.6) is 0 Å². The lowest BCUT2D eigenvalue weighted by molar-refractivity contribution is 0.146. The SMILES string of the molecule is CCC(C)CC(O)c1ccc2nc(C)ccc2c1. The Morgan fingerprint density at radius 2 is 2.00 bits per heavy atom. The molecule has 0 amide bonds. The maximum atomic E-state index is 10.2. The number of rotatable bonds is 4. The van der Waals surface area contributed by atoms with E-state index in [-0.39, 0.29) is 6.10 Å². The van der Waals surface area contributed by atoms with Crippen molar-refractivity contribution in [3.8, 4) is 0 Å². The van der Waals surface area contributed by atoms with Gasteiger partial charge in [0.05, 0.1) is 11.6 Å². The van der Waals surface area contributed by atoms with Gasteiger partial charge in [0.15, 0.2) is 0 Å². The first-order valence-corrected chi connectivity index (χ1v) is 6.65. The highest BCUT2D eigenvalue weighted by molar-refractivity contribution is 5.79. The van der Waals surface area contributed by atoms with Crippen molar-refractivity contribution < 1.29 is 5.11 Å². The van der Waals surface area contributed by atoms with Crippen molar-refractivity contribution in [2.45, 2.75) is 39.7 Å². The van der Waals surface area contributed by atoms with E-state index in [9.17, 15) is 5.11 Å². The minimum Gasteiger partial charge on any atom is -0.388 e. The quantitative estimate of drug-likeness (QED) is 0.880. The van der Waals surface area contributed by atoms with Crippen LogP contribution in [0.1, 0.15) is 44.1 Å². The molecule has 18 heavy (non-hydrogen) atoms. The maximum absolute atomic E-state index is 10.2. The topological polar surface area (TPSA) is 33.1 Å². The fraction of sp³-hybridized carbons (Fsp3) is 0.438. The minimum absolute atomic E-state index is 0.370. The first-order chi connectivity index (χ1) is 8.60. The molecule has 0 saturated carbocycles. The first kappa shape index (κ1) is 13.0. The summed E-state index contributed by atoms with van der Waals surface area (Å²) in [6.45, 7) is 6.32. The van der Waals surface area contributed by atoms with Gasteiger partial charge in [-0.2, -0.15) is 0 Å². The summed E-state index contributed by atoms with van der Waals surface area (Å²) in [5.41, 5.74) is 3.01. The zero-order valence-electron chi connectivity index (χ0n) is 11.4. The van der Waals surface area contributed by atoms with Gasteiger partial charge in [-0.1, -0.05) is 32.4 Å². The molecule has 2 unspecified atom stereocenters. The molecule has 2 nitrogen and oxygen atoms in total. The minimum atomic E-state index is -0.370. The highest BCUT2D eigenvalue weighted by atomic mass is 16.3. The smallest absolute Gasteiger partial charge is 0.0792 e. The molecular formula is C16H21NO. The number of hydrogen-bond donors (Lipinski definition) is 1. The molecule has 1 aromatic carbocycles. The first-order valence-electron chi connectivity index (χ1n) is 6.65. The largest absolute Gasteiger partial charge is 0.388 e. The Bertz CT molecular complexity index is 536. The second-order valence-electron chi connectivity index (χ2n) is 5.17. The Morgan fingerprint density at radius 1 is 1.22 bits per heavy atom. The van der Waals surface area contributed by atoms with Gasteiger partial charge in [-0.15, -0.1) is 0 Å². The van der Waals surface area contributed by atoms with Crippen LogP contribution in [-0.2, 0) is 0 Å². The molecule has 0 fully saturated rings. The molecule has 2 heteroatoms. The van der Waals surface area contributed by atoms with E-state index in [0.29, 0.717) is 5.92 Å². The summed E-state index contributed by atoms with van der Waals surface area (Å²) in [7, 11) is 0. The van der Waals surface area contributed by atoms with Crippen molar-refractivity contribution in [2.75, 3.05) is 0 Å². The molecule has 0 aliphatic heterocycles. The summed E-state index contributed by atoms with van der Waals surface area (Å²) < 4.78 is 0. The lowest BCUT2D eigenvalue weighted by Gasteiger charge is -2.15. The molecule has 0 saturated heterocycles. The third-order valence-electron chi connectivity index (χ3n) is 3.56. The van der Waals surface area contributed by atoms with Gasteiger partial charge in [0.2, 0.25) is 0 Å². The van der Waals surface area contributed by atoms with Gasteiger partial charge in [-0.3, -0.25) is 4.98 Å². The average molecular weight is 243 g/mol. The summed E-state index contributed by atoms with van der Waals surface area (Å²) in [5, 5.41) is 11.3. The fourth-order valence-electron chi connectivity index (χ4n) is 2.14. The molecule has 0 radical (unpaired) electrons. The van der Waals surface area contributed by atoms with Crippen molar-refractivity contribution in [1.82, 2.24) is 4.98 Å².